The molecule has 90 valence electrons. The molecule has 7 nitrogen and oxygen atoms in total. The first-order valence-electron chi connectivity index (χ1n) is 5.21. The first kappa shape index (κ1) is 11.2. The number of carbonyl (C=O) groups excluding carboxylic acids is 1. The number of rotatable bonds is 4. The van der Waals surface area contributed by atoms with Crippen LogP contribution in [0.3, 0.4) is 0 Å². The minimum absolute atomic E-state index is 0.261. The van der Waals surface area contributed by atoms with Crippen LogP contribution in [0.1, 0.15) is 16.2 Å². The Labute approximate surface area is 98.0 Å². The number of hydrogen-bond acceptors (Lipinski definition) is 4. The highest BCUT2D eigenvalue weighted by Crippen LogP contribution is 2.07. The minimum atomic E-state index is -0.261. The number of amides is 1. The molecular formula is C10H14N6O. The van der Waals surface area contributed by atoms with Crippen molar-refractivity contribution in [3.63, 3.8) is 0 Å². The maximum atomic E-state index is 11.7. The van der Waals surface area contributed by atoms with E-state index in [1.54, 1.807) is 25.8 Å². The molecule has 0 atom stereocenters. The lowest BCUT2D eigenvalue weighted by Crippen LogP contribution is -2.27. The van der Waals surface area contributed by atoms with Gasteiger partial charge in [0.25, 0.3) is 5.91 Å². The Kier molecular flexibility index (Phi) is 3.08. The number of nitrogens with one attached hydrogen (secondary N) is 2. The van der Waals surface area contributed by atoms with Crippen molar-refractivity contribution in [2.24, 2.45) is 7.05 Å². The minimum Gasteiger partial charge on any atom is -0.396 e. The number of aromatic amines is 1. The number of H-pyrrole nitrogens is 1. The van der Waals surface area contributed by atoms with E-state index >= 15 is 0 Å². The fourth-order valence-corrected chi connectivity index (χ4v) is 1.50. The Hall–Kier alpha value is -2.31. The Balaban J connectivity index is 1.87. The van der Waals surface area contributed by atoms with Crippen LogP contribution < -0.4 is 11.1 Å². The topological polar surface area (TPSA) is 102 Å². The predicted octanol–water partition coefficient (Wildman–Crippen LogP) is -0.302. The van der Waals surface area contributed by atoms with Gasteiger partial charge >= 0.3 is 0 Å². The van der Waals surface area contributed by atoms with Gasteiger partial charge in [-0.2, -0.15) is 5.10 Å². The van der Waals surface area contributed by atoms with Crippen LogP contribution >= 0.6 is 0 Å². The molecule has 0 aliphatic carbocycles. The van der Waals surface area contributed by atoms with Crippen LogP contribution in [0, 0.1) is 0 Å². The van der Waals surface area contributed by atoms with Gasteiger partial charge in [0.2, 0.25) is 0 Å². The molecule has 0 saturated heterocycles. The van der Waals surface area contributed by atoms with Crippen LogP contribution in [0.4, 0.5) is 5.69 Å². The van der Waals surface area contributed by atoms with Gasteiger partial charge in [-0.25, -0.2) is 4.98 Å². The van der Waals surface area contributed by atoms with E-state index in [2.05, 4.69) is 20.4 Å². The molecule has 17 heavy (non-hydrogen) atoms. The second-order valence-electron chi connectivity index (χ2n) is 3.69. The normalized spacial score (nSPS) is 10.4. The third-order valence-corrected chi connectivity index (χ3v) is 2.31. The standard InChI is InChI=1S/C10H14N6O/c1-16-5-8(11)9(15-16)10(17)13-3-2-7-4-12-6-14-7/h4-6H,2-3,11H2,1H3,(H,12,14)(H,13,17). The average molecular weight is 234 g/mol. The van der Waals surface area contributed by atoms with Gasteiger partial charge in [-0.15, -0.1) is 0 Å². The number of carbonyl (C=O) groups is 1. The van der Waals surface area contributed by atoms with Gasteiger partial charge in [0.15, 0.2) is 5.69 Å². The molecule has 0 bridgehead atoms. The van der Waals surface area contributed by atoms with Gasteiger partial charge in [0, 0.05) is 38.1 Å². The summed E-state index contributed by atoms with van der Waals surface area (Å²) < 4.78 is 1.51. The molecule has 1 amide bonds. The van der Waals surface area contributed by atoms with E-state index in [9.17, 15) is 4.79 Å². The lowest BCUT2D eigenvalue weighted by molar-refractivity contribution is 0.0949. The molecule has 0 radical (unpaired) electrons. The number of nitrogens with two attached hydrogens (primary N) is 1. The zero-order valence-electron chi connectivity index (χ0n) is 9.47. The van der Waals surface area contributed by atoms with Gasteiger partial charge < -0.3 is 16.0 Å². The van der Waals surface area contributed by atoms with Gasteiger partial charge in [0.05, 0.1) is 12.0 Å². The van der Waals surface area contributed by atoms with E-state index in [0.29, 0.717) is 18.7 Å². The average Bonchev–Trinajstić information content (AvgIpc) is 2.88. The largest absolute Gasteiger partial charge is 0.396 e. The molecule has 2 rings (SSSR count). The number of imidazole rings is 1. The fraction of sp³-hybridized carbons (Fsp3) is 0.300. The molecule has 0 saturated carbocycles. The highest BCUT2D eigenvalue weighted by Gasteiger charge is 2.13. The fourth-order valence-electron chi connectivity index (χ4n) is 1.50. The number of aryl methyl sites for hydroxylation is 1. The Morgan fingerprint density at radius 2 is 2.47 bits per heavy atom. The summed E-state index contributed by atoms with van der Waals surface area (Å²) in [5.74, 6) is -0.261. The first-order chi connectivity index (χ1) is 8.16. The monoisotopic (exact) mass is 234 g/mol. The lowest BCUT2D eigenvalue weighted by atomic mass is 10.3. The molecule has 7 heteroatoms. The van der Waals surface area contributed by atoms with E-state index < -0.39 is 0 Å². The van der Waals surface area contributed by atoms with Crippen LogP contribution in [-0.2, 0) is 13.5 Å². The van der Waals surface area contributed by atoms with Crippen LogP contribution in [0.15, 0.2) is 18.7 Å². The quantitative estimate of drug-likeness (QED) is 0.675. The van der Waals surface area contributed by atoms with Crippen molar-refractivity contribution >= 4 is 11.6 Å². The summed E-state index contributed by atoms with van der Waals surface area (Å²) in [6, 6.07) is 0. The molecule has 0 unspecified atom stereocenters. The van der Waals surface area contributed by atoms with E-state index in [0.717, 1.165) is 5.69 Å². The Bertz CT molecular complexity index is 501. The van der Waals surface area contributed by atoms with Crippen molar-refractivity contribution in [2.75, 3.05) is 12.3 Å². The molecule has 0 fully saturated rings. The summed E-state index contributed by atoms with van der Waals surface area (Å²) >= 11 is 0. The predicted molar refractivity (Wildman–Crippen MR) is 62.2 cm³/mol. The number of anilines is 1. The summed E-state index contributed by atoms with van der Waals surface area (Å²) in [7, 11) is 1.72. The number of hydrogen-bond donors (Lipinski definition) is 3. The SMILES string of the molecule is Cn1cc(N)c(C(=O)NCCc2cnc[nH]2)n1. The maximum absolute atomic E-state index is 11.7. The second-order valence-corrected chi connectivity index (χ2v) is 3.69. The van der Waals surface area contributed by atoms with Crippen LogP contribution in [-0.4, -0.2) is 32.2 Å². The molecule has 0 aromatic carbocycles. The Morgan fingerprint density at radius 1 is 1.65 bits per heavy atom. The third kappa shape index (κ3) is 2.63. The summed E-state index contributed by atoms with van der Waals surface area (Å²) in [4.78, 5) is 18.6. The molecule has 0 aliphatic heterocycles. The van der Waals surface area contributed by atoms with Crippen molar-refractivity contribution in [2.45, 2.75) is 6.42 Å². The summed E-state index contributed by atoms with van der Waals surface area (Å²) in [5.41, 5.74) is 7.26. The second kappa shape index (κ2) is 4.69. The van der Waals surface area contributed by atoms with E-state index in [1.165, 1.54) is 4.68 Å². The molecule has 0 aliphatic rings. The van der Waals surface area contributed by atoms with E-state index in [1.807, 2.05) is 0 Å². The maximum Gasteiger partial charge on any atom is 0.273 e. The van der Waals surface area contributed by atoms with Gasteiger partial charge in [-0.05, 0) is 0 Å². The zero-order valence-corrected chi connectivity index (χ0v) is 9.47. The summed E-state index contributed by atoms with van der Waals surface area (Å²) in [6.45, 7) is 0.511. The molecule has 4 N–H and O–H groups in total. The molecule has 0 spiro atoms. The van der Waals surface area contributed by atoms with Crippen LogP contribution in [0.2, 0.25) is 0 Å². The molecular weight excluding hydrogens is 220 g/mol. The summed E-state index contributed by atoms with van der Waals surface area (Å²) in [5, 5.41) is 6.73. The van der Waals surface area contributed by atoms with E-state index in [4.69, 9.17) is 5.73 Å². The van der Waals surface area contributed by atoms with Gasteiger partial charge in [0.1, 0.15) is 0 Å². The smallest absolute Gasteiger partial charge is 0.273 e. The van der Waals surface area contributed by atoms with Gasteiger partial charge in [-0.3, -0.25) is 9.48 Å². The van der Waals surface area contributed by atoms with Gasteiger partial charge in [-0.1, -0.05) is 0 Å². The molecule has 2 aromatic heterocycles. The highest BCUT2D eigenvalue weighted by atomic mass is 16.1. The number of nitrogens with zero attached hydrogens (tertiary/aromatic N) is 3. The number of nitrogen functional groups attached to an aromatic ring is 1. The number of aromatic nitrogens is 4. The first-order valence-corrected chi connectivity index (χ1v) is 5.21. The third-order valence-electron chi connectivity index (χ3n) is 2.31. The van der Waals surface area contributed by atoms with Crippen molar-refractivity contribution in [1.82, 2.24) is 25.1 Å². The van der Waals surface area contributed by atoms with Crippen molar-refractivity contribution in [3.8, 4) is 0 Å². The lowest BCUT2D eigenvalue weighted by Gasteiger charge is -2.02. The Morgan fingerprint density at radius 3 is 3.06 bits per heavy atom. The molecule has 2 aromatic rings. The zero-order chi connectivity index (χ0) is 12.3. The summed E-state index contributed by atoms with van der Waals surface area (Å²) in [6.07, 6.45) is 5.62. The van der Waals surface area contributed by atoms with Crippen molar-refractivity contribution in [3.05, 3.63) is 30.1 Å². The van der Waals surface area contributed by atoms with Crippen molar-refractivity contribution in [1.29, 1.82) is 0 Å². The molecule has 2 heterocycles. The highest BCUT2D eigenvalue weighted by molar-refractivity contribution is 5.96. The van der Waals surface area contributed by atoms with E-state index in [-0.39, 0.29) is 11.6 Å². The van der Waals surface area contributed by atoms with Crippen LogP contribution in [0.5, 0.6) is 0 Å². The van der Waals surface area contributed by atoms with Crippen molar-refractivity contribution < 1.29 is 4.79 Å². The van der Waals surface area contributed by atoms with Crippen LogP contribution in [0.25, 0.3) is 0 Å².